The molecule has 0 aliphatic heterocycles. The van der Waals surface area contributed by atoms with Crippen LogP contribution in [0.4, 0.5) is 5.69 Å². The van der Waals surface area contributed by atoms with Crippen LogP contribution in [0.5, 0.6) is 5.75 Å². The van der Waals surface area contributed by atoms with E-state index >= 15 is 0 Å². The van der Waals surface area contributed by atoms with Crippen molar-refractivity contribution in [3.05, 3.63) is 63.8 Å². The number of hydrogen-bond donors (Lipinski definition) is 1. The van der Waals surface area contributed by atoms with Crippen LogP contribution in [-0.2, 0) is 4.79 Å². The third-order valence-electron chi connectivity index (χ3n) is 4.26. The summed E-state index contributed by atoms with van der Waals surface area (Å²) >= 11 is 1.11. The van der Waals surface area contributed by atoms with Gasteiger partial charge in [-0.25, -0.2) is 4.98 Å². The number of ether oxygens (including phenoxy) is 1. The van der Waals surface area contributed by atoms with Crippen LogP contribution in [0.1, 0.15) is 6.92 Å². The van der Waals surface area contributed by atoms with E-state index < -0.39 is 10.7 Å². The van der Waals surface area contributed by atoms with Crippen molar-refractivity contribution >= 4 is 34.3 Å². The number of non-ortho nitro benzene ring substituents is 1. The van der Waals surface area contributed by atoms with Gasteiger partial charge in [-0.3, -0.25) is 19.5 Å². The molecule has 0 aliphatic carbocycles. The molecule has 152 valence electrons. The van der Waals surface area contributed by atoms with E-state index in [2.05, 4.69) is 4.98 Å². The van der Waals surface area contributed by atoms with Crippen molar-refractivity contribution < 1.29 is 14.5 Å². The van der Waals surface area contributed by atoms with Crippen LogP contribution in [-0.4, -0.2) is 33.1 Å². The number of carbonyl (C=O) groups excluding carboxylic acids is 1. The summed E-state index contributed by atoms with van der Waals surface area (Å²) in [6.07, 6.45) is 0. The summed E-state index contributed by atoms with van der Waals surface area (Å²) in [6, 6.07) is 13.4. The molecule has 30 heavy (non-hydrogen) atoms. The summed E-state index contributed by atoms with van der Waals surface area (Å²) in [5.74, 6) is 0.0729. The lowest BCUT2D eigenvalue weighted by atomic mass is 10.2. The largest absolute Gasteiger partial charge is 0.495 e. The highest BCUT2D eigenvalue weighted by molar-refractivity contribution is 7.99. The summed E-state index contributed by atoms with van der Waals surface area (Å²) in [5.41, 5.74) is 7.25. The summed E-state index contributed by atoms with van der Waals surface area (Å²) in [6.45, 7) is 1.49. The molecule has 0 unspecified atom stereocenters. The molecule has 1 aromatic heterocycles. The Balaban J connectivity index is 2.13. The SMILES string of the molecule is COc1ccccc1-n1c(SCC(=O)/C(C#N)=C(\C)N)nc2cc([N+](=O)[O-])ccc21. The van der Waals surface area contributed by atoms with E-state index in [9.17, 15) is 14.9 Å². The topological polar surface area (TPSA) is 137 Å². The molecule has 2 N–H and O–H groups in total. The Labute approximate surface area is 175 Å². The van der Waals surface area contributed by atoms with E-state index in [1.807, 2.05) is 24.3 Å². The minimum atomic E-state index is -0.494. The minimum Gasteiger partial charge on any atom is -0.495 e. The first-order valence-corrected chi connectivity index (χ1v) is 9.68. The van der Waals surface area contributed by atoms with Gasteiger partial charge in [0, 0.05) is 17.8 Å². The van der Waals surface area contributed by atoms with Gasteiger partial charge in [0.2, 0.25) is 0 Å². The van der Waals surface area contributed by atoms with Crippen molar-refractivity contribution in [3.8, 4) is 17.5 Å². The van der Waals surface area contributed by atoms with Gasteiger partial charge in [-0.15, -0.1) is 0 Å². The number of nitriles is 1. The number of nitro groups is 1. The van der Waals surface area contributed by atoms with Crippen molar-refractivity contribution in [1.29, 1.82) is 5.26 Å². The zero-order chi connectivity index (χ0) is 21.8. The Hall–Kier alpha value is -3.84. The average Bonchev–Trinajstić information content (AvgIpc) is 3.09. The third-order valence-corrected chi connectivity index (χ3v) is 5.20. The summed E-state index contributed by atoms with van der Waals surface area (Å²) < 4.78 is 7.21. The molecule has 0 radical (unpaired) electrons. The van der Waals surface area contributed by atoms with E-state index in [1.165, 1.54) is 26.2 Å². The van der Waals surface area contributed by atoms with Crippen molar-refractivity contribution in [1.82, 2.24) is 9.55 Å². The number of ketones is 1. The van der Waals surface area contributed by atoms with Gasteiger partial charge in [0.05, 0.1) is 34.5 Å². The zero-order valence-corrected chi connectivity index (χ0v) is 17.0. The van der Waals surface area contributed by atoms with Crippen molar-refractivity contribution in [2.45, 2.75) is 12.1 Å². The predicted molar refractivity (Wildman–Crippen MR) is 113 cm³/mol. The van der Waals surface area contributed by atoms with Crippen LogP contribution in [0.25, 0.3) is 16.7 Å². The molecule has 3 aromatic rings. The molecule has 0 saturated carbocycles. The molecule has 0 saturated heterocycles. The lowest BCUT2D eigenvalue weighted by Gasteiger charge is -2.12. The fourth-order valence-corrected chi connectivity index (χ4v) is 3.77. The highest BCUT2D eigenvalue weighted by Gasteiger charge is 2.20. The second-order valence-electron chi connectivity index (χ2n) is 6.21. The molecule has 0 atom stereocenters. The molecule has 0 fully saturated rings. The standard InChI is InChI=1S/C20H17N5O4S/c1-12(22)14(10-21)18(26)11-30-20-23-15-9-13(25(27)28)7-8-16(15)24(20)17-5-3-4-6-19(17)29-2/h3-9H,11,22H2,1-2H3/b14-12+. The quantitative estimate of drug-likeness (QED) is 0.201. The Morgan fingerprint density at radius 2 is 2.10 bits per heavy atom. The highest BCUT2D eigenvalue weighted by atomic mass is 32.2. The maximum atomic E-state index is 12.4. The van der Waals surface area contributed by atoms with Gasteiger partial charge in [0.15, 0.2) is 10.9 Å². The number of allylic oxidation sites excluding steroid dienone is 2. The van der Waals surface area contributed by atoms with Crippen LogP contribution < -0.4 is 10.5 Å². The fraction of sp³-hybridized carbons (Fsp3) is 0.150. The minimum absolute atomic E-state index is 0.0714. The molecule has 0 spiro atoms. The third kappa shape index (κ3) is 3.97. The predicted octanol–water partition coefficient (Wildman–Crippen LogP) is 3.36. The highest BCUT2D eigenvalue weighted by Crippen LogP contribution is 2.34. The first kappa shape index (κ1) is 20.9. The summed E-state index contributed by atoms with van der Waals surface area (Å²) in [5, 5.41) is 20.7. The molecular weight excluding hydrogens is 406 g/mol. The van der Waals surface area contributed by atoms with Crippen molar-refractivity contribution in [3.63, 3.8) is 0 Å². The number of methoxy groups -OCH3 is 1. The lowest BCUT2D eigenvalue weighted by Crippen LogP contribution is -2.11. The van der Waals surface area contributed by atoms with Crippen molar-refractivity contribution in [2.24, 2.45) is 5.73 Å². The first-order chi connectivity index (χ1) is 14.4. The second-order valence-corrected chi connectivity index (χ2v) is 7.16. The smallest absolute Gasteiger partial charge is 0.271 e. The molecular formula is C20H17N5O4S. The first-order valence-electron chi connectivity index (χ1n) is 8.70. The Morgan fingerprint density at radius 3 is 2.73 bits per heavy atom. The number of nitrogens with zero attached hydrogens (tertiary/aromatic N) is 4. The molecule has 0 bridgehead atoms. The Morgan fingerprint density at radius 1 is 1.37 bits per heavy atom. The number of benzene rings is 2. The van der Waals surface area contributed by atoms with Gasteiger partial charge in [-0.1, -0.05) is 23.9 Å². The lowest BCUT2D eigenvalue weighted by molar-refractivity contribution is -0.384. The molecule has 1 heterocycles. The monoisotopic (exact) mass is 423 g/mol. The molecule has 3 rings (SSSR count). The number of nitrogens with two attached hydrogens (primary N) is 1. The van der Waals surface area contributed by atoms with E-state index in [4.69, 9.17) is 15.7 Å². The van der Waals surface area contributed by atoms with Gasteiger partial charge >= 0.3 is 0 Å². The maximum Gasteiger partial charge on any atom is 0.271 e. The van der Waals surface area contributed by atoms with Crippen molar-refractivity contribution in [2.75, 3.05) is 12.9 Å². The Bertz CT molecular complexity index is 1220. The molecule has 10 heteroatoms. The van der Waals surface area contributed by atoms with E-state index in [1.54, 1.807) is 16.7 Å². The molecule has 2 aromatic carbocycles. The molecule has 9 nitrogen and oxygen atoms in total. The van der Waals surface area contributed by atoms with Crippen LogP contribution >= 0.6 is 11.8 Å². The van der Waals surface area contributed by atoms with Crippen LogP contribution in [0.15, 0.2) is 58.9 Å². The van der Waals surface area contributed by atoms with E-state index in [0.717, 1.165) is 11.8 Å². The number of aromatic nitrogens is 2. The van der Waals surface area contributed by atoms with Gasteiger partial charge in [0.1, 0.15) is 17.4 Å². The van der Waals surface area contributed by atoms with Gasteiger partial charge in [-0.05, 0) is 25.1 Å². The number of hydrogen-bond acceptors (Lipinski definition) is 8. The van der Waals surface area contributed by atoms with Gasteiger partial charge in [-0.2, -0.15) is 5.26 Å². The van der Waals surface area contributed by atoms with Gasteiger partial charge in [0.25, 0.3) is 5.69 Å². The zero-order valence-electron chi connectivity index (χ0n) is 16.2. The molecule has 0 aliphatic rings. The number of thioether (sulfide) groups is 1. The molecule has 0 amide bonds. The number of rotatable bonds is 7. The number of carbonyl (C=O) groups is 1. The number of nitro benzene ring substituents is 1. The van der Waals surface area contributed by atoms with Gasteiger partial charge < -0.3 is 10.5 Å². The number of para-hydroxylation sites is 2. The fourth-order valence-electron chi connectivity index (χ4n) is 2.88. The maximum absolute atomic E-state index is 12.4. The Kier molecular flexibility index (Phi) is 6.03. The summed E-state index contributed by atoms with van der Waals surface area (Å²) in [7, 11) is 1.53. The number of Topliss-reactive ketones (excluding diaryl/α,β-unsaturated/α-hetero) is 1. The average molecular weight is 423 g/mol. The number of fused-ring (bicyclic) bond motifs is 1. The van der Waals surface area contributed by atoms with Crippen LogP contribution in [0, 0.1) is 21.4 Å². The van der Waals surface area contributed by atoms with Crippen LogP contribution in [0.3, 0.4) is 0 Å². The van der Waals surface area contributed by atoms with E-state index in [-0.39, 0.29) is 22.7 Å². The second kappa shape index (κ2) is 8.67. The number of imidazole rings is 1. The normalized spacial score (nSPS) is 11.6. The summed E-state index contributed by atoms with van der Waals surface area (Å²) in [4.78, 5) is 27.5. The van der Waals surface area contributed by atoms with Crippen LogP contribution in [0.2, 0.25) is 0 Å². The van der Waals surface area contributed by atoms with E-state index in [0.29, 0.717) is 27.6 Å².